The minimum absolute atomic E-state index is 0.0649. The van der Waals surface area contributed by atoms with Gasteiger partial charge in [0.25, 0.3) is 0 Å². The lowest BCUT2D eigenvalue weighted by Gasteiger charge is -2.06. The summed E-state index contributed by atoms with van der Waals surface area (Å²) in [7, 11) is 0. The van der Waals surface area contributed by atoms with Gasteiger partial charge in [0.05, 0.1) is 4.92 Å². The van der Waals surface area contributed by atoms with Gasteiger partial charge in [0, 0.05) is 10.5 Å². The highest BCUT2D eigenvalue weighted by atomic mass is 79.9. The average Bonchev–Trinajstić information content (AvgIpc) is 2.34. The molecule has 0 unspecified atom stereocenters. The molecule has 0 aliphatic heterocycles. The van der Waals surface area contributed by atoms with Crippen molar-refractivity contribution in [1.82, 2.24) is 0 Å². The third kappa shape index (κ3) is 2.87. The topological polar surface area (TPSA) is 52.4 Å². The smallest absolute Gasteiger partial charge is 0.312 e. The van der Waals surface area contributed by atoms with Crippen LogP contribution in [-0.2, 0) is 0 Å². The molecule has 0 atom stereocenters. The van der Waals surface area contributed by atoms with Gasteiger partial charge in [0.2, 0.25) is 5.75 Å². The number of halogens is 1. The molecule has 2 aromatic carbocycles. The van der Waals surface area contributed by atoms with Gasteiger partial charge in [-0.25, -0.2) is 0 Å². The van der Waals surface area contributed by atoms with E-state index in [1.165, 1.54) is 6.07 Å². The minimum Gasteiger partial charge on any atom is -0.450 e. The van der Waals surface area contributed by atoms with Gasteiger partial charge in [-0.15, -0.1) is 0 Å². The third-order valence-corrected chi connectivity index (χ3v) is 2.86. The largest absolute Gasteiger partial charge is 0.450 e. The van der Waals surface area contributed by atoms with E-state index in [-0.39, 0.29) is 11.4 Å². The summed E-state index contributed by atoms with van der Waals surface area (Å²) in [6.45, 7) is 1.96. The maximum absolute atomic E-state index is 10.9. The van der Waals surface area contributed by atoms with Crippen molar-refractivity contribution in [2.24, 2.45) is 0 Å². The van der Waals surface area contributed by atoms with Crippen molar-refractivity contribution in [3.63, 3.8) is 0 Å². The molecular formula is C13H10BrNO3. The Morgan fingerprint density at radius 1 is 1.17 bits per heavy atom. The predicted octanol–water partition coefficient (Wildman–Crippen LogP) is 4.46. The number of hydrogen-bond acceptors (Lipinski definition) is 3. The molecule has 0 aromatic heterocycles. The zero-order chi connectivity index (χ0) is 13.1. The number of aryl methyl sites for hydroxylation is 1. The second-order valence-electron chi connectivity index (χ2n) is 3.78. The van der Waals surface area contributed by atoms with Crippen molar-refractivity contribution in [3.05, 3.63) is 62.6 Å². The van der Waals surface area contributed by atoms with Crippen LogP contribution >= 0.6 is 15.9 Å². The first-order valence-corrected chi connectivity index (χ1v) is 6.04. The molecule has 0 amide bonds. The van der Waals surface area contributed by atoms with E-state index in [9.17, 15) is 10.1 Å². The molecule has 0 bridgehead atoms. The average molecular weight is 308 g/mol. The highest BCUT2D eigenvalue weighted by Gasteiger charge is 2.16. The number of nitrogens with zero attached hydrogens (tertiary/aromatic N) is 1. The van der Waals surface area contributed by atoms with Gasteiger partial charge in [-0.1, -0.05) is 33.6 Å². The first kappa shape index (κ1) is 12.6. The molecule has 0 fully saturated rings. The van der Waals surface area contributed by atoms with Gasteiger partial charge in [-0.05, 0) is 31.2 Å². The van der Waals surface area contributed by atoms with Crippen molar-refractivity contribution in [1.29, 1.82) is 0 Å². The zero-order valence-corrected chi connectivity index (χ0v) is 11.2. The second-order valence-corrected chi connectivity index (χ2v) is 4.70. The van der Waals surface area contributed by atoms with Crippen molar-refractivity contribution < 1.29 is 9.66 Å². The summed E-state index contributed by atoms with van der Waals surface area (Å²) in [4.78, 5) is 10.5. The number of nitro groups is 1. The molecule has 0 radical (unpaired) electrons. The fourth-order valence-electron chi connectivity index (χ4n) is 1.45. The van der Waals surface area contributed by atoms with Gasteiger partial charge in [-0.3, -0.25) is 10.1 Å². The van der Waals surface area contributed by atoms with Crippen LogP contribution in [0.15, 0.2) is 46.9 Å². The fraction of sp³-hybridized carbons (Fsp3) is 0.0769. The number of hydrogen-bond donors (Lipinski definition) is 0. The molecule has 0 aliphatic rings. The van der Waals surface area contributed by atoms with Gasteiger partial charge in [-0.2, -0.15) is 0 Å². The Hall–Kier alpha value is -1.88. The Morgan fingerprint density at radius 2 is 1.83 bits per heavy atom. The molecule has 0 spiro atoms. The maximum atomic E-state index is 10.9. The molecule has 2 rings (SSSR count). The van der Waals surface area contributed by atoms with E-state index in [2.05, 4.69) is 15.9 Å². The lowest BCUT2D eigenvalue weighted by Crippen LogP contribution is -1.93. The van der Waals surface area contributed by atoms with Crippen LogP contribution < -0.4 is 4.74 Å². The fourth-order valence-corrected chi connectivity index (χ4v) is 1.80. The Kier molecular flexibility index (Phi) is 3.62. The highest BCUT2D eigenvalue weighted by Crippen LogP contribution is 2.33. The Morgan fingerprint density at radius 3 is 2.44 bits per heavy atom. The van der Waals surface area contributed by atoms with Gasteiger partial charge in [0.15, 0.2) is 0 Å². The lowest BCUT2D eigenvalue weighted by atomic mass is 10.2. The van der Waals surface area contributed by atoms with E-state index in [0.717, 1.165) is 5.56 Å². The number of nitro benzene ring substituents is 1. The minimum atomic E-state index is -0.464. The van der Waals surface area contributed by atoms with Crippen molar-refractivity contribution in [2.45, 2.75) is 6.92 Å². The van der Waals surface area contributed by atoms with Crippen LogP contribution in [-0.4, -0.2) is 4.92 Å². The van der Waals surface area contributed by atoms with Crippen LogP contribution in [0.3, 0.4) is 0 Å². The number of rotatable bonds is 3. The van der Waals surface area contributed by atoms with Crippen LogP contribution in [0.2, 0.25) is 0 Å². The predicted molar refractivity (Wildman–Crippen MR) is 72.0 cm³/mol. The van der Waals surface area contributed by atoms with E-state index in [0.29, 0.717) is 10.2 Å². The highest BCUT2D eigenvalue weighted by molar-refractivity contribution is 9.10. The van der Waals surface area contributed by atoms with E-state index in [4.69, 9.17) is 4.74 Å². The summed E-state index contributed by atoms with van der Waals surface area (Å²) in [6, 6.07) is 12.0. The number of benzene rings is 2. The monoisotopic (exact) mass is 307 g/mol. The molecule has 18 heavy (non-hydrogen) atoms. The normalized spacial score (nSPS) is 10.1. The van der Waals surface area contributed by atoms with Gasteiger partial charge >= 0.3 is 5.69 Å². The molecule has 2 aromatic rings. The standard InChI is InChI=1S/C13H10BrNO3/c1-9-2-5-11(6-3-9)18-13-7-4-10(14)8-12(13)15(16)17/h2-8H,1H3. The first-order valence-electron chi connectivity index (χ1n) is 5.25. The quantitative estimate of drug-likeness (QED) is 0.621. The van der Waals surface area contributed by atoms with E-state index in [1.807, 2.05) is 19.1 Å². The SMILES string of the molecule is Cc1ccc(Oc2ccc(Br)cc2[N+](=O)[O-])cc1. The molecule has 0 aliphatic carbocycles. The molecule has 0 saturated heterocycles. The molecule has 92 valence electrons. The summed E-state index contributed by atoms with van der Waals surface area (Å²) in [5.74, 6) is 0.804. The van der Waals surface area contributed by atoms with Crippen molar-refractivity contribution in [3.8, 4) is 11.5 Å². The maximum Gasteiger partial charge on any atom is 0.312 e. The van der Waals surface area contributed by atoms with Crippen LogP contribution in [0.1, 0.15) is 5.56 Å². The molecule has 0 N–H and O–H groups in total. The van der Waals surface area contributed by atoms with Crippen LogP contribution in [0, 0.1) is 17.0 Å². The summed E-state index contributed by atoms with van der Waals surface area (Å²) < 4.78 is 6.16. The Balaban J connectivity index is 2.34. The van der Waals surface area contributed by atoms with Gasteiger partial charge < -0.3 is 4.74 Å². The summed E-state index contributed by atoms with van der Waals surface area (Å²) in [6.07, 6.45) is 0. The summed E-state index contributed by atoms with van der Waals surface area (Å²) in [5.41, 5.74) is 1.04. The summed E-state index contributed by atoms with van der Waals surface area (Å²) >= 11 is 3.20. The van der Waals surface area contributed by atoms with E-state index < -0.39 is 4.92 Å². The summed E-state index contributed by atoms with van der Waals surface area (Å²) in [5, 5.41) is 10.9. The molecule has 4 nitrogen and oxygen atoms in total. The van der Waals surface area contributed by atoms with Crippen LogP contribution in [0.4, 0.5) is 5.69 Å². The zero-order valence-electron chi connectivity index (χ0n) is 9.59. The van der Waals surface area contributed by atoms with Crippen LogP contribution in [0.5, 0.6) is 11.5 Å². The van der Waals surface area contributed by atoms with Crippen molar-refractivity contribution in [2.75, 3.05) is 0 Å². The first-order chi connectivity index (χ1) is 8.56. The van der Waals surface area contributed by atoms with E-state index in [1.54, 1.807) is 24.3 Å². The second kappa shape index (κ2) is 5.18. The Bertz CT molecular complexity index is 581. The Labute approximate surface area is 112 Å². The molecular weight excluding hydrogens is 298 g/mol. The molecule has 0 saturated carbocycles. The van der Waals surface area contributed by atoms with Crippen molar-refractivity contribution >= 4 is 21.6 Å². The van der Waals surface area contributed by atoms with Crippen LogP contribution in [0.25, 0.3) is 0 Å². The molecule has 5 heteroatoms. The van der Waals surface area contributed by atoms with E-state index >= 15 is 0 Å². The van der Waals surface area contributed by atoms with Gasteiger partial charge in [0.1, 0.15) is 5.75 Å². The molecule has 0 heterocycles. The number of ether oxygens (including phenoxy) is 1. The lowest BCUT2D eigenvalue weighted by molar-refractivity contribution is -0.385. The third-order valence-electron chi connectivity index (χ3n) is 2.37.